The van der Waals surface area contributed by atoms with E-state index < -0.39 is 0 Å². The van der Waals surface area contributed by atoms with Gasteiger partial charge in [0.2, 0.25) is 0 Å². The molecule has 2 aromatic rings. The zero-order valence-electron chi connectivity index (χ0n) is 13.3. The average molecular weight is 285 g/mol. The third-order valence-electron chi connectivity index (χ3n) is 3.69. The number of hydrogen-bond acceptors (Lipinski definition) is 1. The van der Waals surface area contributed by atoms with Gasteiger partial charge in [-0.1, -0.05) is 58.0 Å². The van der Waals surface area contributed by atoms with Crippen molar-refractivity contribution in [3.63, 3.8) is 0 Å². The maximum atomic E-state index is 13.5. The molecule has 0 aliphatic rings. The number of nitrogens with one attached hydrogen (secondary N) is 1. The number of rotatable bonds is 4. The van der Waals surface area contributed by atoms with E-state index in [0.29, 0.717) is 6.54 Å². The molecule has 0 saturated heterocycles. The summed E-state index contributed by atoms with van der Waals surface area (Å²) in [6.45, 7) is 10.2. The second kappa shape index (κ2) is 6.40. The van der Waals surface area contributed by atoms with Gasteiger partial charge in [0, 0.05) is 6.54 Å². The summed E-state index contributed by atoms with van der Waals surface area (Å²) >= 11 is 0. The van der Waals surface area contributed by atoms with Gasteiger partial charge in [0.25, 0.3) is 0 Å². The minimum Gasteiger partial charge on any atom is -0.313 e. The summed E-state index contributed by atoms with van der Waals surface area (Å²) in [4.78, 5) is 0. The Hall–Kier alpha value is -1.67. The second-order valence-corrected chi connectivity index (χ2v) is 6.41. The Kier molecular flexibility index (Phi) is 4.79. The highest BCUT2D eigenvalue weighted by molar-refractivity contribution is 5.67. The first-order valence-corrected chi connectivity index (χ1v) is 7.52. The minimum absolute atomic E-state index is 0.147. The maximum absolute atomic E-state index is 13.5. The van der Waals surface area contributed by atoms with Crippen LogP contribution in [-0.4, -0.2) is 6.54 Å². The van der Waals surface area contributed by atoms with Crippen molar-refractivity contribution in [3.8, 4) is 11.1 Å². The summed E-state index contributed by atoms with van der Waals surface area (Å²) in [5.74, 6) is -0.182. The van der Waals surface area contributed by atoms with Crippen molar-refractivity contribution >= 4 is 0 Å². The van der Waals surface area contributed by atoms with Gasteiger partial charge in [-0.05, 0) is 46.3 Å². The van der Waals surface area contributed by atoms with Gasteiger partial charge >= 0.3 is 0 Å². The molecule has 2 aromatic carbocycles. The largest absolute Gasteiger partial charge is 0.313 e. The van der Waals surface area contributed by atoms with Crippen molar-refractivity contribution in [3.05, 3.63) is 59.4 Å². The quantitative estimate of drug-likeness (QED) is 0.842. The Labute approximate surface area is 127 Å². The predicted molar refractivity (Wildman–Crippen MR) is 87.9 cm³/mol. The Morgan fingerprint density at radius 3 is 2.24 bits per heavy atom. The molecule has 0 aliphatic heterocycles. The molecule has 0 bridgehead atoms. The van der Waals surface area contributed by atoms with Gasteiger partial charge in [0.05, 0.1) is 0 Å². The zero-order chi connectivity index (χ0) is 15.5. The third-order valence-corrected chi connectivity index (χ3v) is 3.69. The van der Waals surface area contributed by atoms with Crippen LogP contribution in [0.3, 0.4) is 0 Å². The Balaban J connectivity index is 2.37. The van der Waals surface area contributed by atoms with Crippen LogP contribution in [0.2, 0.25) is 0 Å². The van der Waals surface area contributed by atoms with E-state index in [1.54, 1.807) is 6.07 Å². The van der Waals surface area contributed by atoms with Gasteiger partial charge in [-0.25, -0.2) is 4.39 Å². The van der Waals surface area contributed by atoms with E-state index in [0.717, 1.165) is 23.2 Å². The molecule has 1 nitrogen and oxygen atoms in total. The van der Waals surface area contributed by atoms with Gasteiger partial charge < -0.3 is 5.32 Å². The Morgan fingerprint density at radius 2 is 1.67 bits per heavy atom. The lowest BCUT2D eigenvalue weighted by Crippen LogP contribution is -2.13. The van der Waals surface area contributed by atoms with Gasteiger partial charge in [0.15, 0.2) is 0 Å². The molecule has 0 fully saturated rings. The molecule has 0 atom stereocenters. The van der Waals surface area contributed by atoms with Gasteiger partial charge in [-0.15, -0.1) is 0 Å². The molecule has 0 aliphatic carbocycles. The molecule has 2 heteroatoms. The normalized spacial score (nSPS) is 11.7. The first-order valence-electron chi connectivity index (χ1n) is 7.52. The van der Waals surface area contributed by atoms with Crippen LogP contribution in [-0.2, 0) is 12.0 Å². The number of halogens is 1. The van der Waals surface area contributed by atoms with Gasteiger partial charge in [0.1, 0.15) is 5.82 Å². The SMILES string of the molecule is CCNCc1cc(F)ccc1-c1ccc(C(C)(C)C)cc1. The van der Waals surface area contributed by atoms with Crippen LogP contribution in [0.15, 0.2) is 42.5 Å². The summed E-state index contributed by atoms with van der Waals surface area (Å²) in [7, 11) is 0. The van der Waals surface area contributed by atoms with Crippen molar-refractivity contribution in [2.24, 2.45) is 0 Å². The summed E-state index contributed by atoms with van der Waals surface area (Å²) in [6, 6.07) is 13.6. The zero-order valence-corrected chi connectivity index (χ0v) is 13.3. The fraction of sp³-hybridized carbons (Fsp3) is 0.368. The fourth-order valence-electron chi connectivity index (χ4n) is 2.40. The van der Waals surface area contributed by atoms with Gasteiger partial charge in [-0.2, -0.15) is 0 Å². The molecule has 112 valence electrons. The predicted octanol–water partition coefficient (Wildman–Crippen LogP) is 4.90. The van der Waals surface area contributed by atoms with Crippen LogP contribution in [0, 0.1) is 5.82 Å². The molecule has 0 heterocycles. The van der Waals surface area contributed by atoms with E-state index in [2.05, 4.69) is 57.3 Å². The lowest BCUT2D eigenvalue weighted by Gasteiger charge is -2.19. The van der Waals surface area contributed by atoms with E-state index in [1.807, 2.05) is 6.07 Å². The van der Waals surface area contributed by atoms with E-state index in [-0.39, 0.29) is 11.2 Å². The average Bonchev–Trinajstić information content (AvgIpc) is 2.44. The van der Waals surface area contributed by atoms with Crippen molar-refractivity contribution in [1.29, 1.82) is 0 Å². The Morgan fingerprint density at radius 1 is 1.00 bits per heavy atom. The van der Waals surface area contributed by atoms with Crippen LogP contribution in [0.5, 0.6) is 0 Å². The van der Waals surface area contributed by atoms with Crippen molar-refractivity contribution in [2.45, 2.75) is 39.7 Å². The van der Waals surface area contributed by atoms with Gasteiger partial charge in [-0.3, -0.25) is 0 Å². The van der Waals surface area contributed by atoms with Crippen molar-refractivity contribution in [2.75, 3.05) is 6.54 Å². The number of hydrogen-bond donors (Lipinski definition) is 1. The van der Waals surface area contributed by atoms with Crippen LogP contribution in [0.1, 0.15) is 38.8 Å². The summed E-state index contributed by atoms with van der Waals surface area (Å²) in [5, 5.41) is 3.27. The lowest BCUT2D eigenvalue weighted by atomic mass is 9.86. The first-order chi connectivity index (χ1) is 9.91. The molecule has 2 rings (SSSR count). The van der Waals surface area contributed by atoms with Crippen molar-refractivity contribution in [1.82, 2.24) is 5.32 Å². The summed E-state index contributed by atoms with van der Waals surface area (Å²) in [5.41, 5.74) is 4.68. The van der Waals surface area contributed by atoms with E-state index in [9.17, 15) is 4.39 Å². The topological polar surface area (TPSA) is 12.0 Å². The molecule has 1 N–H and O–H groups in total. The van der Waals surface area contributed by atoms with Crippen LogP contribution >= 0.6 is 0 Å². The molecule has 0 saturated carbocycles. The third kappa shape index (κ3) is 3.92. The molecule has 0 amide bonds. The molecule has 0 aromatic heterocycles. The molecule has 0 radical (unpaired) electrons. The van der Waals surface area contributed by atoms with Crippen LogP contribution in [0.4, 0.5) is 4.39 Å². The van der Waals surface area contributed by atoms with E-state index >= 15 is 0 Å². The molecular formula is C19H24FN. The second-order valence-electron chi connectivity index (χ2n) is 6.41. The fourth-order valence-corrected chi connectivity index (χ4v) is 2.40. The summed E-state index contributed by atoms with van der Waals surface area (Å²) < 4.78 is 13.5. The molecule has 21 heavy (non-hydrogen) atoms. The molecule has 0 spiro atoms. The highest BCUT2D eigenvalue weighted by Crippen LogP contribution is 2.28. The lowest BCUT2D eigenvalue weighted by molar-refractivity contribution is 0.590. The smallest absolute Gasteiger partial charge is 0.123 e. The molecule has 0 unspecified atom stereocenters. The van der Waals surface area contributed by atoms with E-state index in [1.165, 1.54) is 11.6 Å². The highest BCUT2D eigenvalue weighted by atomic mass is 19.1. The number of benzene rings is 2. The first kappa shape index (κ1) is 15.7. The minimum atomic E-state index is -0.182. The molecular weight excluding hydrogens is 261 g/mol. The van der Waals surface area contributed by atoms with Crippen LogP contribution < -0.4 is 5.32 Å². The standard InChI is InChI=1S/C19H24FN/c1-5-21-13-15-12-17(20)10-11-18(15)14-6-8-16(9-7-14)19(2,3)4/h6-12,21H,5,13H2,1-4H3. The highest BCUT2D eigenvalue weighted by Gasteiger charge is 2.14. The van der Waals surface area contributed by atoms with Crippen LogP contribution in [0.25, 0.3) is 11.1 Å². The van der Waals surface area contributed by atoms with E-state index in [4.69, 9.17) is 0 Å². The maximum Gasteiger partial charge on any atom is 0.123 e. The van der Waals surface area contributed by atoms with Crippen molar-refractivity contribution < 1.29 is 4.39 Å². The summed E-state index contributed by atoms with van der Waals surface area (Å²) in [6.07, 6.45) is 0. The monoisotopic (exact) mass is 285 g/mol. The Bertz CT molecular complexity index is 594.